The molecular formula is C14H23N5. The average Bonchev–Trinajstić information content (AvgIpc) is 2.64. The van der Waals surface area contributed by atoms with Gasteiger partial charge in [-0.3, -0.25) is 4.57 Å². The SMILES string of the molecule is Cc1cnc2c(c1)nc(N)n2CCCN(C)C(C)C. The zero-order chi connectivity index (χ0) is 14.0. The van der Waals surface area contributed by atoms with Crippen molar-refractivity contribution in [3.63, 3.8) is 0 Å². The molecule has 104 valence electrons. The molecule has 0 aromatic carbocycles. The van der Waals surface area contributed by atoms with Gasteiger partial charge in [0.15, 0.2) is 5.65 Å². The van der Waals surface area contributed by atoms with Gasteiger partial charge in [-0.2, -0.15) is 0 Å². The van der Waals surface area contributed by atoms with Gasteiger partial charge in [0, 0.05) is 18.8 Å². The van der Waals surface area contributed by atoms with E-state index in [2.05, 4.69) is 35.8 Å². The minimum atomic E-state index is 0.556. The summed E-state index contributed by atoms with van der Waals surface area (Å²) in [7, 11) is 2.14. The van der Waals surface area contributed by atoms with Gasteiger partial charge in [-0.05, 0) is 52.4 Å². The lowest BCUT2D eigenvalue weighted by molar-refractivity contribution is 0.266. The van der Waals surface area contributed by atoms with E-state index in [9.17, 15) is 0 Å². The number of nitrogen functional groups attached to an aromatic ring is 1. The van der Waals surface area contributed by atoms with Gasteiger partial charge in [-0.25, -0.2) is 9.97 Å². The minimum Gasteiger partial charge on any atom is -0.369 e. The van der Waals surface area contributed by atoms with E-state index >= 15 is 0 Å². The van der Waals surface area contributed by atoms with Crippen LogP contribution >= 0.6 is 0 Å². The summed E-state index contributed by atoms with van der Waals surface area (Å²) in [5.74, 6) is 0.556. The van der Waals surface area contributed by atoms with Crippen LogP contribution < -0.4 is 5.73 Å². The van der Waals surface area contributed by atoms with Gasteiger partial charge in [0.1, 0.15) is 5.52 Å². The van der Waals surface area contributed by atoms with Crippen LogP contribution in [0.25, 0.3) is 11.2 Å². The fourth-order valence-corrected chi connectivity index (χ4v) is 2.09. The Balaban J connectivity index is 2.10. The van der Waals surface area contributed by atoms with E-state index in [1.54, 1.807) is 0 Å². The first-order valence-corrected chi connectivity index (χ1v) is 6.77. The fourth-order valence-electron chi connectivity index (χ4n) is 2.09. The number of hydrogen-bond acceptors (Lipinski definition) is 4. The molecule has 2 N–H and O–H groups in total. The number of anilines is 1. The molecule has 2 aromatic rings. The standard InChI is InChI=1S/C14H23N5/c1-10(2)18(4)6-5-7-19-13-12(17-14(19)15)8-11(3)9-16-13/h8-10H,5-7H2,1-4H3,(H2,15,17). The van der Waals surface area contributed by atoms with E-state index in [-0.39, 0.29) is 0 Å². The summed E-state index contributed by atoms with van der Waals surface area (Å²) in [6, 6.07) is 2.59. The Kier molecular flexibility index (Phi) is 4.04. The first kappa shape index (κ1) is 13.8. The van der Waals surface area contributed by atoms with E-state index < -0.39 is 0 Å². The number of rotatable bonds is 5. The zero-order valence-electron chi connectivity index (χ0n) is 12.2. The molecule has 0 unspecified atom stereocenters. The molecule has 0 spiro atoms. The van der Waals surface area contributed by atoms with Crippen molar-refractivity contribution in [1.29, 1.82) is 0 Å². The van der Waals surface area contributed by atoms with Gasteiger partial charge in [-0.15, -0.1) is 0 Å². The molecule has 0 saturated heterocycles. The van der Waals surface area contributed by atoms with Crippen molar-refractivity contribution >= 4 is 17.1 Å². The Morgan fingerprint density at radius 3 is 2.84 bits per heavy atom. The first-order chi connectivity index (χ1) is 8.99. The van der Waals surface area contributed by atoms with Crippen LogP contribution in [0.5, 0.6) is 0 Å². The molecule has 5 nitrogen and oxygen atoms in total. The van der Waals surface area contributed by atoms with Gasteiger partial charge in [0.25, 0.3) is 0 Å². The van der Waals surface area contributed by atoms with Crippen LogP contribution in [0.1, 0.15) is 25.8 Å². The lowest BCUT2D eigenvalue weighted by atomic mass is 10.3. The maximum atomic E-state index is 5.98. The number of aryl methyl sites for hydroxylation is 2. The van der Waals surface area contributed by atoms with Crippen LogP contribution in [0.15, 0.2) is 12.3 Å². The summed E-state index contributed by atoms with van der Waals surface area (Å²) in [5.41, 5.74) is 8.85. The van der Waals surface area contributed by atoms with Crippen LogP contribution in [0.4, 0.5) is 5.95 Å². The number of pyridine rings is 1. The average molecular weight is 261 g/mol. The molecule has 0 saturated carbocycles. The molecule has 2 aromatic heterocycles. The number of nitrogens with zero attached hydrogens (tertiary/aromatic N) is 4. The van der Waals surface area contributed by atoms with Gasteiger partial charge in [-0.1, -0.05) is 0 Å². The maximum Gasteiger partial charge on any atom is 0.202 e. The molecule has 0 aliphatic rings. The summed E-state index contributed by atoms with van der Waals surface area (Å²) in [6.45, 7) is 8.31. The normalized spacial score (nSPS) is 11.9. The summed E-state index contributed by atoms with van der Waals surface area (Å²) >= 11 is 0. The predicted octanol–water partition coefficient (Wildman–Crippen LogP) is 2.05. The summed E-state index contributed by atoms with van der Waals surface area (Å²) in [4.78, 5) is 11.1. The number of fused-ring (bicyclic) bond motifs is 1. The van der Waals surface area contributed by atoms with Crippen molar-refractivity contribution in [2.24, 2.45) is 0 Å². The minimum absolute atomic E-state index is 0.556. The Hall–Kier alpha value is -1.62. The molecule has 0 radical (unpaired) electrons. The van der Waals surface area contributed by atoms with Crippen LogP contribution in [0.3, 0.4) is 0 Å². The molecule has 0 atom stereocenters. The smallest absolute Gasteiger partial charge is 0.202 e. The predicted molar refractivity (Wildman–Crippen MR) is 79.1 cm³/mol. The van der Waals surface area contributed by atoms with Crippen molar-refractivity contribution in [2.75, 3.05) is 19.3 Å². The molecule has 0 aliphatic carbocycles. The quantitative estimate of drug-likeness (QED) is 0.895. The van der Waals surface area contributed by atoms with E-state index in [0.29, 0.717) is 12.0 Å². The Labute approximate surface area is 114 Å². The molecule has 2 heterocycles. The second-order valence-electron chi connectivity index (χ2n) is 5.40. The van der Waals surface area contributed by atoms with E-state index in [0.717, 1.165) is 36.2 Å². The summed E-state index contributed by atoms with van der Waals surface area (Å²) < 4.78 is 2.00. The molecule has 2 rings (SSSR count). The zero-order valence-corrected chi connectivity index (χ0v) is 12.2. The molecule has 19 heavy (non-hydrogen) atoms. The van der Waals surface area contributed by atoms with E-state index in [1.807, 2.05) is 23.8 Å². The van der Waals surface area contributed by atoms with Crippen molar-refractivity contribution < 1.29 is 0 Å². The molecule has 5 heteroatoms. The summed E-state index contributed by atoms with van der Waals surface area (Å²) in [5, 5.41) is 0. The fraction of sp³-hybridized carbons (Fsp3) is 0.571. The van der Waals surface area contributed by atoms with Crippen LogP contribution in [0.2, 0.25) is 0 Å². The van der Waals surface area contributed by atoms with Gasteiger partial charge in [0.05, 0.1) is 0 Å². The number of hydrogen-bond donors (Lipinski definition) is 1. The second-order valence-corrected chi connectivity index (χ2v) is 5.40. The van der Waals surface area contributed by atoms with Crippen molar-refractivity contribution in [2.45, 2.75) is 39.8 Å². The third kappa shape index (κ3) is 3.04. The van der Waals surface area contributed by atoms with Gasteiger partial charge >= 0.3 is 0 Å². The monoisotopic (exact) mass is 261 g/mol. The van der Waals surface area contributed by atoms with E-state index in [1.165, 1.54) is 0 Å². The van der Waals surface area contributed by atoms with Crippen LogP contribution in [0, 0.1) is 6.92 Å². The topological polar surface area (TPSA) is 60.0 Å². The largest absolute Gasteiger partial charge is 0.369 e. The Bertz CT molecular complexity index is 558. The number of imidazole rings is 1. The first-order valence-electron chi connectivity index (χ1n) is 6.77. The molecule has 0 aliphatic heterocycles. The Morgan fingerprint density at radius 1 is 1.42 bits per heavy atom. The highest BCUT2D eigenvalue weighted by atomic mass is 15.2. The van der Waals surface area contributed by atoms with E-state index in [4.69, 9.17) is 5.73 Å². The number of aromatic nitrogens is 3. The Morgan fingerprint density at radius 2 is 2.16 bits per heavy atom. The third-order valence-corrected chi connectivity index (χ3v) is 3.53. The lowest BCUT2D eigenvalue weighted by Crippen LogP contribution is -2.28. The lowest BCUT2D eigenvalue weighted by Gasteiger charge is -2.20. The second kappa shape index (κ2) is 5.57. The molecular weight excluding hydrogens is 238 g/mol. The van der Waals surface area contributed by atoms with Gasteiger partial charge in [0.2, 0.25) is 5.95 Å². The highest BCUT2D eigenvalue weighted by Crippen LogP contribution is 2.17. The molecule has 0 amide bonds. The number of nitrogens with two attached hydrogens (primary N) is 1. The van der Waals surface area contributed by atoms with Crippen molar-refractivity contribution in [3.05, 3.63) is 17.8 Å². The van der Waals surface area contributed by atoms with Gasteiger partial charge < -0.3 is 10.6 Å². The van der Waals surface area contributed by atoms with Crippen LogP contribution in [-0.2, 0) is 6.54 Å². The third-order valence-electron chi connectivity index (χ3n) is 3.53. The maximum absolute atomic E-state index is 5.98. The molecule has 0 bridgehead atoms. The van der Waals surface area contributed by atoms with Crippen LogP contribution in [-0.4, -0.2) is 39.1 Å². The summed E-state index contributed by atoms with van der Waals surface area (Å²) in [6.07, 6.45) is 2.90. The van der Waals surface area contributed by atoms with Crippen molar-refractivity contribution in [1.82, 2.24) is 19.4 Å². The molecule has 0 fully saturated rings. The highest BCUT2D eigenvalue weighted by Gasteiger charge is 2.10. The highest BCUT2D eigenvalue weighted by molar-refractivity contribution is 5.74. The van der Waals surface area contributed by atoms with Crippen molar-refractivity contribution in [3.8, 4) is 0 Å².